The smallest absolute Gasteiger partial charge is 0.324 e. The molecule has 2 atom stereocenters. The van der Waals surface area contributed by atoms with Gasteiger partial charge in [-0.15, -0.1) is 11.8 Å². The Morgan fingerprint density at radius 1 is 1.44 bits per heavy atom. The van der Waals surface area contributed by atoms with Crippen molar-refractivity contribution in [3.05, 3.63) is 75.8 Å². The van der Waals surface area contributed by atoms with Crippen LogP contribution in [0.2, 0.25) is 5.02 Å². The minimum Gasteiger partial charge on any atom is -0.496 e. The van der Waals surface area contributed by atoms with Crippen molar-refractivity contribution < 1.29 is 19.4 Å². The Balaban J connectivity index is 2.25. The number of carbonyl (C=O) groups is 2. The van der Waals surface area contributed by atoms with Gasteiger partial charge in [-0.1, -0.05) is 43.8 Å². The number of amides is 3. The van der Waals surface area contributed by atoms with Crippen molar-refractivity contribution in [3.8, 4) is 5.75 Å². The summed E-state index contributed by atoms with van der Waals surface area (Å²) >= 11 is 7.69. The van der Waals surface area contributed by atoms with Gasteiger partial charge in [0.1, 0.15) is 5.75 Å². The summed E-state index contributed by atoms with van der Waals surface area (Å²) < 4.78 is 5.44. The number of allylic oxidation sites excluding steroid dienone is 2. The number of thioether (sulfide) groups is 1. The van der Waals surface area contributed by atoms with E-state index in [4.69, 9.17) is 16.3 Å². The molecule has 0 aromatic heterocycles. The van der Waals surface area contributed by atoms with Crippen molar-refractivity contribution in [2.45, 2.75) is 32.7 Å². The zero-order chi connectivity index (χ0) is 26.8. The fraction of sp³-hybridized carbons (Fsp3) is 0.407. The first kappa shape index (κ1) is 29.5. The van der Waals surface area contributed by atoms with Crippen LogP contribution in [0.5, 0.6) is 5.75 Å². The highest BCUT2D eigenvalue weighted by Crippen LogP contribution is 2.27. The lowest BCUT2D eigenvalue weighted by Gasteiger charge is -2.26. The van der Waals surface area contributed by atoms with E-state index in [0.29, 0.717) is 41.4 Å². The van der Waals surface area contributed by atoms with Gasteiger partial charge in [-0.25, -0.2) is 4.79 Å². The molecule has 1 fully saturated rings. The van der Waals surface area contributed by atoms with Gasteiger partial charge in [0, 0.05) is 22.2 Å². The Labute approximate surface area is 223 Å². The third-order valence-corrected chi connectivity index (χ3v) is 7.17. The average molecular weight is 534 g/mol. The highest BCUT2D eigenvalue weighted by molar-refractivity contribution is 8.02. The van der Waals surface area contributed by atoms with Crippen LogP contribution in [0.15, 0.2) is 65.3 Å². The normalized spacial score (nSPS) is 17.8. The second-order valence-electron chi connectivity index (χ2n) is 8.56. The van der Waals surface area contributed by atoms with E-state index in [0.717, 1.165) is 16.0 Å². The van der Waals surface area contributed by atoms with Gasteiger partial charge in [0.05, 0.1) is 32.2 Å². The predicted molar refractivity (Wildman–Crippen MR) is 148 cm³/mol. The van der Waals surface area contributed by atoms with Gasteiger partial charge in [0.15, 0.2) is 0 Å². The van der Waals surface area contributed by atoms with E-state index in [1.807, 2.05) is 32.3 Å². The first-order valence-electron chi connectivity index (χ1n) is 11.7. The van der Waals surface area contributed by atoms with Crippen LogP contribution >= 0.6 is 23.4 Å². The van der Waals surface area contributed by atoms with Crippen LogP contribution in [0.1, 0.15) is 25.8 Å². The highest BCUT2D eigenvalue weighted by Gasteiger charge is 2.33. The van der Waals surface area contributed by atoms with Crippen LogP contribution in [0.3, 0.4) is 0 Å². The van der Waals surface area contributed by atoms with E-state index < -0.39 is 11.9 Å². The minimum atomic E-state index is -0.506. The molecule has 0 bridgehead atoms. The number of halogens is 1. The molecule has 1 heterocycles. The molecule has 2 rings (SSSR count). The maximum absolute atomic E-state index is 13.5. The summed E-state index contributed by atoms with van der Waals surface area (Å²) in [7, 11) is 1.57. The number of carbonyl (C=O) groups excluding carboxylic acids is 2. The molecule has 9 heteroatoms. The Kier molecular flexibility index (Phi) is 11.6. The van der Waals surface area contributed by atoms with E-state index in [1.165, 1.54) is 16.7 Å². The molecule has 2 unspecified atom stereocenters. The number of ether oxygens (including phenoxy) is 1. The predicted octanol–water partition coefficient (Wildman–Crippen LogP) is 4.68. The quantitative estimate of drug-likeness (QED) is 0.378. The number of nitrogens with zero attached hydrogens (tertiary/aromatic N) is 1. The Morgan fingerprint density at radius 3 is 2.78 bits per heavy atom. The van der Waals surface area contributed by atoms with Crippen molar-refractivity contribution in [2.24, 2.45) is 5.92 Å². The number of imide groups is 1. The fourth-order valence-corrected chi connectivity index (χ4v) is 4.69. The summed E-state index contributed by atoms with van der Waals surface area (Å²) in [5.74, 6) is -0.160. The number of methoxy groups -OCH3 is 1. The molecule has 1 aromatic carbocycles. The van der Waals surface area contributed by atoms with Gasteiger partial charge >= 0.3 is 6.03 Å². The lowest BCUT2D eigenvalue weighted by molar-refractivity contribution is -0.131. The fourth-order valence-electron chi connectivity index (χ4n) is 3.78. The van der Waals surface area contributed by atoms with Gasteiger partial charge in [-0.2, -0.15) is 0 Å². The Morgan fingerprint density at radius 2 is 2.17 bits per heavy atom. The maximum Gasteiger partial charge on any atom is 0.324 e. The molecule has 0 radical (unpaired) electrons. The minimum absolute atomic E-state index is 0.0813. The summed E-state index contributed by atoms with van der Waals surface area (Å²) in [6.45, 7) is 12.0. The monoisotopic (exact) mass is 533 g/mol. The van der Waals surface area contributed by atoms with E-state index in [2.05, 4.69) is 23.8 Å². The molecule has 0 aliphatic carbocycles. The molecule has 196 valence electrons. The van der Waals surface area contributed by atoms with Crippen molar-refractivity contribution in [1.82, 2.24) is 15.5 Å². The summed E-state index contributed by atoms with van der Waals surface area (Å²) in [5, 5.41) is 16.0. The summed E-state index contributed by atoms with van der Waals surface area (Å²) in [5.41, 5.74) is 2.87. The number of benzene rings is 1. The molecule has 1 aliphatic rings. The first-order valence-corrected chi connectivity index (χ1v) is 13.3. The summed E-state index contributed by atoms with van der Waals surface area (Å²) in [6.07, 6.45) is 6.71. The molecule has 1 saturated heterocycles. The largest absolute Gasteiger partial charge is 0.496 e. The molecular weight excluding hydrogens is 498 g/mol. The van der Waals surface area contributed by atoms with Gasteiger partial charge in [0.25, 0.3) is 0 Å². The van der Waals surface area contributed by atoms with Crippen molar-refractivity contribution in [3.63, 3.8) is 0 Å². The molecule has 36 heavy (non-hydrogen) atoms. The summed E-state index contributed by atoms with van der Waals surface area (Å²) in [6, 6.07) is 4.52. The molecule has 3 amide bonds. The number of hydrogen-bond donors (Lipinski definition) is 3. The van der Waals surface area contributed by atoms with E-state index >= 15 is 0 Å². The average Bonchev–Trinajstić information content (AvgIpc) is 3.01. The van der Waals surface area contributed by atoms with E-state index in [-0.39, 0.29) is 25.1 Å². The number of urea groups is 1. The number of aliphatic hydroxyl groups is 1. The zero-order valence-electron chi connectivity index (χ0n) is 21.4. The van der Waals surface area contributed by atoms with Gasteiger partial charge in [-0.05, 0) is 60.9 Å². The standard InChI is InChI=1S/C27H36ClN3O4S/c1-7-23(25(36-6)11-8-17(2)18(3)16-32)30-27(34)31-15-19(4)29-14-21(26(31)33)12-20-13-22(28)9-10-24(20)35-5/h8-11,13,21,23,29,32H,3-4,7,12,14-16H2,1-2,5-6H3,(H,30,34)/b17-8+,25-11-. The molecule has 0 spiro atoms. The van der Waals surface area contributed by atoms with Crippen LogP contribution in [-0.2, 0) is 11.2 Å². The molecule has 0 saturated carbocycles. The number of hydrogen-bond acceptors (Lipinski definition) is 6. The van der Waals surface area contributed by atoms with Crippen molar-refractivity contribution in [2.75, 3.05) is 33.1 Å². The van der Waals surface area contributed by atoms with Crippen molar-refractivity contribution in [1.29, 1.82) is 0 Å². The molecule has 1 aromatic rings. The molecule has 7 nitrogen and oxygen atoms in total. The second kappa shape index (κ2) is 14.2. The third-order valence-electron chi connectivity index (χ3n) is 6.05. The van der Waals surface area contributed by atoms with Crippen molar-refractivity contribution >= 4 is 35.3 Å². The number of nitrogens with one attached hydrogen (secondary N) is 2. The van der Waals surface area contributed by atoms with Crippen LogP contribution in [0, 0.1) is 5.92 Å². The van der Waals surface area contributed by atoms with Crippen LogP contribution in [-0.4, -0.2) is 61.0 Å². The topological polar surface area (TPSA) is 90.9 Å². The van der Waals surface area contributed by atoms with Gasteiger partial charge < -0.3 is 20.5 Å². The lowest BCUT2D eigenvalue weighted by atomic mass is 9.97. The SMILES string of the molecule is C=C1CN(C(=O)NC(CC)/C(=C/C=C(\C)C(=C)CO)SC)C(=O)C(Cc2cc(Cl)ccc2OC)CN1. The van der Waals surface area contributed by atoms with Crippen LogP contribution in [0.25, 0.3) is 0 Å². The first-order chi connectivity index (χ1) is 17.1. The number of rotatable bonds is 10. The van der Waals surface area contributed by atoms with Gasteiger partial charge in [-0.3, -0.25) is 9.69 Å². The molecule has 3 N–H and O–H groups in total. The second-order valence-corrected chi connectivity index (χ2v) is 9.88. The highest BCUT2D eigenvalue weighted by atomic mass is 35.5. The molecular formula is C27H36ClN3O4S. The Hall–Kier alpha value is -2.68. The van der Waals surface area contributed by atoms with Gasteiger partial charge in [0.2, 0.25) is 5.91 Å². The third kappa shape index (κ3) is 7.91. The van der Waals surface area contributed by atoms with Crippen LogP contribution < -0.4 is 15.4 Å². The number of aliphatic hydroxyl groups excluding tert-OH is 1. The van der Waals surface area contributed by atoms with Crippen LogP contribution in [0.4, 0.5) is 4.79 Å². The van der Waals surface area contributed by atoms with E-state index in [1.54, 1.807) is 25.3 Å². The lowest BCUT2D eigenvalue weighted by Crippen LogP contribution is -2.49. The van der Waals surface area contributed by atoms with E-state index in [9.17, 15) is 14.7 Å². The summed E-state index contributed by atoms with van der Waals surface area (Å²) in [4.78, 5) is 29.0. The Bertz CT molecular complexity index is 1050. The molecule has 1 aliphatic heterocycles. The maximum atomic E-state index is 13.5. The zero-order valence-corrected chi connectivity index (χ0v) is 23.0.